The molecule has 2 aromatic carbocycles. The van der Waals surface area contributed by atoms with Gasteiger partial charge in [-0.3, -0.25) is 14.3 Å². The van der Waals surface area contributed by atoms with Crippen LogP contribution in [-0.4, -0.2) is 23.9 Å². The average Bonchev–Trinajstić information content (AvgIpc) is 2.64. The normalized spacial score (nSPS) is 12.2. The Hall–Kier alpha value is -3.23. The Morgan fingerprint density at radius 3 is 1.96 bits per heavy atom. The van der Waals surface area contributed by atoms with Gasteiger partial charge in [0.15, 0.2) is 0 Å². The molecule has 7 nitrogen and oxygen atoms in total. The number of esters is 1. The summed E-state index contributed by atoms with van der Waals surface area (Å²) < 4.78 is 40.0. The molecule has 3 aromatic rings. The third-order valence-corrected chi connectivity index (χ3v) is 4.28. The molecule has 1 heterocycles. The van der Waals surface area contributed by atoms with E-state index in [-0.39, 0.29) is 11.7 Å². The van der Waals surface area contributed by atoms with E-state index < -0.39 is 16.4 Å². The lowest BCUT2D eigenvalue weighted by Gasteiger charge is -2.18. The van der Waals surface area contributed by atoms with Crippen molar-refractivity contribution >= 4 is 16.4 Å². The van der Waals surface area contributed by atoms with E-state index in [1.165, 1.54) is 19.1 Å². The van der Waals surface area contributed by atoms with Crippen LogP contribution in [0.3, 0.4) is 0 Å². The number of hydrogen-bond acceptors (Lipinski definition) is 6. The molecule has 0 aliphatic heterocycles. The first kappa shape index (κ1) is 19.5. The molecular weight excluding hydrogens is 382 g/mol. The van der Waals surface area contributed by atoms with Crippen LogP contribution in [0.25, 0.3) is 0 Å². The summed E-state index contributed by atoms with van der Waals surface area (Å²) in [7, 11) is -4.58. The zero-order chi connectivity index (χ0) is 20.1. The molecule has 1 N–H and O–H groups in total. The summed E-state index contributed by atoms with van der Waals surface area (Å²) in [5.41, 5.74) is 2.52. The fraction of sp³-hybridized carbons (Fsp3) is 0.100. The van der Waals surface area contributed by atoms with Gasteiger partial charge in [0.2, 0.25) is 0 Å². The molecular formula is C20H17NO6S. The Morgan fingerprint density at radius 2 is 1.50 bits per heavy atom. The molecule has 0 saturated heterocycles. The predicted molar refractivity (Wildman–Crippen MR) is 102 cm³/mol. The molecule has 0 fully saturated rings. The number of pyridine rings is 1. The lowest BCUT2D eigenvalue weighted by molar-refractivity contribution is -0.131. The van der Waals surface area contributed by atoms with Crippen LogP contribution in [0.4, 0.5) is 0 Å². The fourth-order valence-electron chi connectivity index (χ4n) is 2.81. The van der Waals surface area contributed by atoms with Crippen LogP contribution in [0.15, 0.2) is 72.9 Å². The Labute approximate surface area is 162 Å². The van der Waals surface area contributed by atoms with Crippen molar-refractivity contribution in [1.82, 2.24) is 4.98 Å². The van der Waals surface area contributed by atoms with Crippen LogP contribution in [0.1, 0.15) is 29.7 Å². The van der Waals surface area contributed by atoms with E-state index in [0.29, 0.717) is 5.75 Å². The molecule has 0 bridgehead atoms. The quantitative estimate of drug-likeness (QED) is 0.385. The molecule has 28 heavy (non-hydrogen) atoms. The zero-order valence-corrected chi connectivity index (χ0v) is 15.7. The number of rotatable bonds is 6. The van der Waals surface area contributed by atoms with E-state index in [1.54, 1.807) is 30.5 Å². The smallest absolute Gasteiger partial charge is 0.427 e. The summed E-state index contributed by atoms with van der Waals surface area (Å²) in [6.07, 6.45) is 1.69. The van der Waals surface area contributed by atoms with Crippen LogP contribution < -0.4 is 8.92 Å². The second-order valence-corrected chi connectivity index (χ2v) is 6.95. The maximum absolute atomic E-state index is 11.1. The molecule has 0 aliphatic carbocycles. The van der Waals surface area contributed by atoms with Crippen molar-refractivity contribution in [1.29, 1.82) is 0 Å². The van der Waals surface area contributed by atoms with E-state index in [9.17, 15) is 13.2 Å². The second kappa shape index (κ2) is 8.20. The summed E-state index contributed by atoms with van der Waals surface area (Å²) in [4.78, 5) is 15.5. The number of nitrogens with zero attached hydrogens (tertiary/aromatic N) is 1. The van der Waals surface area contributed by atoms with Gasteiger partial charge in [-0.2, -0.15) is 8.42 Å². The van der Waals surface area contributed by atoms with Gasteiger partial charge in [-0.05, 0) is 47.5 Å². The Balaban J connectivity index is 1.97. The van der Waals surface area contributed by atoms with Gasteiger partial charge in [0, 0.05) is 13.1 Å². The molecule has 1 atom stereocenters. The second-order valence-electron chi connectivity index (χ2n) is 5.93. The van der Waals surface area contributed by atoms with Crippen molar-refractivity contribution in [2.24, 2.45) is 0 Å². The van der Waals surface area contributed by atoms with Crippen molar-refractivity contribution < 1.29 is 26.7 Å². The molecule has 1 unspecified atom stereocenters. The van der Waals surface area contributed by atoms with Crippen molar-refractivity contribution in [2.75, 3.05) is 0 Å². The van der Waals surface area contributed by atoms with Crippen LogP contribution in [-0.2, 0) is 15.2 Å². The van der Waals surface area contributed by atoms with Crippen molar-refractivity contribution in [3.8, 4) is 11.5 Å². The highest BCUT2D eigenvalue weighted by molar-refractivity contribution is 7.81. The van der Waals surface area contributed by atoms with E-state index in [1.807, 2.05) is 30.3 Å². The highest BCUT2D eigenvalue weighted by Crippen LogP contribution is 2.32. The van der Waals surface area contributed by atoms with Crippen LogP contribution in [0.5, 0.6) is 11.5 Å². The van der Waals surface area contributed by atoms with E-state index >= 15 is 0 Å². The molecule has 0 spiro atoms. The number of hydrogen-bond donors (Lipinski definition) is 1. The topological polar surface area (TPSA) is 103 Å². The third-order valence-electron chi connectivity index (χ3n) is 3.87. The van der Waals surface area contributed by atoms with Crippen molar-refractivity contribution in [3.63, 3.8) is 0 Å². The first-order chi connectivity index (χ1) is 13.3. The number of aromatic nitrogens is 1. The van der Waals surface area contributed by atoms with E-state index in [2.05, 4.69) is 9.17 Å². The fourth-order valence-corrected chi connectivity index (χ4v) is 3.17. The first-order valence-corrected chi connectivity index (χ1v) is 9.64. The monoisotopic (exact) mass is 399 g/mol. The van der Waals surface area contributed by atoms with E-state index in [4.69, 9.17) is 9.29 Å². The number of carbonyl (C=O) groups excluding carboxylic acids is 1. The summed E-state index contributed by atoms with van der Waals surface area (Å²) in [5, 5.41) is 0. The maximum atomic E-state index is 11.1. The molecule has 8 heteroatoms. The van der Waals surface area contributed by atoms with Gasteiger partial charge in [0.25, 0.3) is 0 Å². The van der Waals surface area contributed by atoms with Gasteiger partial charge in [-0.15, -0.1) is 0 Å². The molecule has 0 aliphatic rings. The molecule has 0 radical (unpaired) electrons. The summed E-state index contributed by atoms with van der Waals surface area (Å²) >= 11 is 0. The average molecular weight is 399 g/mol. The largest absolute Gasteiger partial charge is 0.446 e. The predicted octanol–water partition coefficient (Wildman–Crippen LogP) is 3.37. The molecule has 1 aromatic heterocycles. The molecule has 144 valence electrons. The maximum Gasteiger partial charge on any atom is 0.446 e. The number of carbonyl (C=O) groups is 1. The van der Waals surface area contributed by atoms with Gasteiger partial charge in [-0.25, -0.2) is 0 Å². The van der Waals surface area contributed by atoms with Crippen LogP contribution >= 0.6 is 0 Å². The Kier molecular flexibility index (Phi) is 5.72. The number of ether oxygens (including phenoxy) is 1. The summed E-state index contributed by atoms with van der Waals surface area (Å²) in [6, 6.07) is 18.9. The Morgan fingerprint density at radius 1 is 0.929 bits per heavy atom. The SMILES string of the molecule is CC(=O)Oc1ccc(C(c2ccc(OS(=O)(=O)O)cc2)c2ccccn2)cc1. The highest BCUT2D eigenvalue weighted by Gasteiger charge is 2.19. The highest BCUT2D eigenvalue weighted by atomic mass is 32.3. The van der Waals surface area contributed by atoms with E-state index in [0.717, 1.165) is 16.8 Å². The lowest BCUT2D eigenvalue weighted by atomic mass is 9.88. The molecule has 0 saturated carbocycles. The number of benzene rings is 2. The van der Waals surface area contributed by atoms with Gasteiger partial charge in [0.05, 0.1) is 11.6 Å². The zero-order valence-electron chi connectivity index (χ0n) is 14.8. The van der Waals surface area contributed by atoms with Gasteiger partial charge < -0.3 is 8.92 Å². The van der Waals surface area contributed by atoms with Gasteiger partial charge in [-0.1, -0.05) is 30.3 Å². The lowest BCUT2D eigenvalue weighted by Crippen LogP contribution is -2.08. The van der Waals surface area contributed by atoms with Crippen molar-refractivity contribution in [2.45, 2.75) is 12.8 Å². The molecule has 3 rings (SSSR count). The van der Waals surface area contributed by atoms with Crippen molar-refractivity contribution in [3.05, 3.63) is 89.7 Å². The molecule has 0 amide bonds. The minimum absolute atomic E-state index is 0.00349. The summed E-state index contributed by atoms with van der Waals surface area (Å²) in [6.45, 7) is 1.33. The first-order valence-electron chi connectivity index (χ1n) is 8.28. The minimum Gasteiger partial charge on any atom is -0.427 e. The van der Waals surface area contributed by atoms with Crippen LogP contribution in [0, 0.1) is 0 Å². The summed E-state index contributed by atoms with van der Waals surface area (Å²) in [5.74, 6) is -0.208. The van der Waals surface area contributed by atoms with Crippen LogP contribution in [0.2, 0.25) is 0 Å². The standard InChI is InChI=1S/C20H17NO6S/c1-14(22)26-17-9-5-15(6-10-17)20(19-4-2-3-13-21-19)16-7-11-18(12-8-16)27-28(23,24)25/h2-13,20H,1H3,(H,23,24,25). The Bertz CT molecular complexity index is 1050. The minimum atomic E-state index is -4.58. The van der Waals surface area contributed by atoms with Gasteiger partial charge in [0.1, 0.15) is 11.5 Å². The third kappa shape index (κ3) is 5.15. The van der Waals surface area contributed by atoms with Gasteiger partial charge >= 0.3 is 16.4 Å².